The van der Waals surface area contributed by atoms with Gasteiger partial charge in [0.15, 0.2) is 0 Å². The molecule has 1 fully saturated rings. The van der Waals surface area contributed by atoms with E-state index in [0.29, 0.717) is 31.0 Å². The van der Waals surface area contributed by atoms with Crippen LogP contribution in [0.5, 0.6) is 0 Å². The molecule has 1 saturated carbocycles. The summed E-state index contributed by atoms with van der Waals surface area (Å²) < 4.78 is 5.44. The van der Waals surface area contributed by atoms with Crippen LogP contribution >= 0.6 is 11.3 Å². The lowest BCUT2D eigenvalue weighted by molar-refractivity contribution is 0.475. The molecule has 0 aromatic carbocycles. The maximum absolute atomic E-state index is 5.44. The quantitative estimate of drug-likeness (QED) is 0.808. The Morgan fingerprint density at radius 1 is 1.35 bits per heavy atom. The van der Waals surface area contributed by atoms with Gasteiger partial charge in [0.1, 0.15) is 5.01 Å². The Morgan fingerprint density at radius 3 is 3.06 bits per heavy atom. The van der Waals surface area contributed by atoms with E-state index in [1.165, 1.54) is 12.8 Å². The molecule has 1 aliphatic rings. The van der Waals surface area contributed by atoms with Crippen LogP contribution in [-0.2, 0) is 13.1 Å². The van der Waals surface area contributed by atoms with Crippen LogP contribution in [0.4, 0.5) is 6.01 Å². The van der Waals surface area contributed by atoms with Gasteiger partial charge in [-0.2, -0.15) is 0 Å². The zero-order chi connectivity index (χ0) is 11.5. The Balaban J connectivity index is 1.49. The molecule has 0 unspecified atom stereocenters. The summed E-state index contributed by atoms with van der Waals surface area (Å²) in [5, 5.41) is 17.2. The van der Waals surface area contributed by atoms with Crippen LogP contribution < -0.4 is 10.6 Å². The molecule has 0 bridgehead atoms. The summed E-state index contributed by atoms with van der Waals surface area (Å²) in [5.74, 6) is 0.624. The normalized spacial score (nSPS) is 15.1. The summed E-state index contributed by atoms with van der Waals surface area (Å²) in [6, 6.07) is 1.10. The fourth-order valence-electron chi connectivity index (χ4n) is 1.41. The van der Waals surface area contributed by atoms with Crippen LogP contribution in [0.2, 0.25) is 0 Å². The van der Waals surface area contributed by atoms with E-state index < -0.39 is 0 Å². The number of rotatable bonds is 6. The van der Waals surface area contributed by atoms with Gasteiger partial charge in [-0.15, -0.1) is 16.4 Å². The van der Waals surface area contributed by atoms with E-state index in [2.05, 4.69) is 25.8 Å². The van der Waals surface area contributed by atoms with Crippen molar-refractivity contribution in [3.63, 3.8) is 0 Å². The van der Waals surface area contributed by atoms with Gasteiger partial charge in [0.2, 0.25) is 5.89 Å². The Hall–Kier alpha value is -1.47. The molecule has 0 amide bonds. The highest BCUT2D eigenvalue weighted by Crippen LogP contribution is 2.19. The standard InChI is InChI=1S/C10H13N5OS/c1-2-7(1)12-5-8-14-15-10(16-8)13-6-9-11-3-4-17-9/h3-4,7,12H,1-2,5-6H2,(H,13,15). The molecule has 0 spiro atoms. The first-order valence-electron chi connectivity index (χ1n) is 5.58. The predicted octanol–water partition coefficient (Wildman–Crippen LogP) is 1.39. The van der Waals surface area contributed by atoms with Crippen molar-refractivity contribution >= 4 is 17.4 Å². The van der Waals surface area contributed by atoms with Crippen LogP contribution in [0.25, 0.3) is 0 Å². The third-order valence-corrected chi connectivity index (χ3v) is 3.24. The van der Waals surface area contributed by atoms with E-state index in [9.17, 15) is 0 Å². The van der Waals surface area contributed by atoms with Crippen molar-refractivity contribution in [2.75, 3.05) is 5.32 Å². The summed E-state index contributed by atoms with van der Waals surface area (Å²) in [5.41, 5.74) is 0. The maximum atomic E-state index is 5.44. The lowest BCUT2D eigenvalue weighted by atomic mass is 10.6. The maximum Gasteiger partial charge on any atom is 0.315 e. The molecule has 7 heteroatoms. The second-order valence-corrected chi connectivity index (χ2v) is 4.91. The second kappa shape index (κ2) is 4.80. The average Bonchev–Trinajstić information content (AvgIpc) is 2.86. The molecule has 0 saturated heterocycles. The van der Waals surface area contributed by atoms with E-state index in [-0.39, 0.29) is 0 Å². The summed E-state index contributed by atoms with van der Waals surface area (Å²) in [7, 11) is 0. The number of aromatic nitrogens is 3. The number of hydrogen-bond acceptors (Lipinski definition) is 7. The number of hydrogen-bond donors (Lipinski definition) is 2. The van der Waals surface area contributed by atoms with Crippen molar-refractivity contribution in [1.29, 1.82) is 0 Å². The highest BCUT2D eigenvalue weighted by molar-refractivity contribution is 7.09. The van der Waals surface area contributed by atoms with Crippen molar-refractivity contribution in [1.82, 2.24) is 20.5 Å². The molecule has 6 nitrogen and oxygen atoms in total. The lowest BCUT2D eigenvalue weighted by Crippen LogP contribution is -2.15. The Labute approximate surface area is 102 Å². The van der Waals surface area contributed by atoms with E-state index in [1.807, 2.05) is 5.38 Å². The molecule has 2 heterocycles. The van der Waals surface area contributed by atoms with Gasteiger partial charge in [0.25, 0.3) is 0 Å². The minimum atomic E-state index is 0.452. The molecule has 90 valence electrons. The highest BCUT2D eigenvalue weighted by atomic mass is 32.1. The van der Waals surface area contributed by atoms with Gasteiger partial charge >= 0.3 is 6.01 Å². The molecule has 2 aromatic rings. The molecule has 17 heavy (non-hydrogen) atoms. The van der Waals surface area contributed by atoms with E-state index in [1.54, 1.807) is 17.5 Å². The fourth-order valence-corrected chi connectivity index (χ4v) is 1.96. The largest absolute Gasteiger partial charge is 0.407 e. The zero-order valence-electron chi connectivity index (χ0n) is 9.22. The Kier molecular flexibility index (Phi) is 3.02. The van der Waals surface area contributed by atoms with Crippen molar-refractivity contribution in [3.8, 4) is 0 Å². The van der Waals surface area contributed by atoms with Crippen LogP contribution in [0.15, 0.2) is 16.0 Å². The zero-order valence-corrected chi connectivity index (χ0v) is 10.0. The number of anilines is 1. The number of thiazole rings is 1. The highest BCUT2D eigenvalue weighted by Gasteiger charge is 2.21. The minimum Gasteiger partial charge on any atom is -0.407 e. The lowest BCUT2D eigenvalue weighted by Gasteiger charge is -1.97. The monoisotopic (exact) mass is 251 g/mol. The average molecular weight is 251 g/mol. The van der Waals surface area contributed by atoms with Crippen LogP contribution in [0.1, 0.15) is 23.7 Å². The first-order valence-corrected chi connectivity index (χ1v) is 6.46. The molecule has 2 N–H and O–H groups in total. The molecule has 3 rings (SSSR count). The third-order valence-electron chi connectivity index (χ3n) is 2.46. The summed E-state index contributed by atoms with van der Waals surface area (Å²) >= 11 is 1.60. The van der Waals surface area contributed by atoms with Gasteiger partial charge in [0, 0.05) is 17.6 Å². The SMILES string of the molecule is c1csc(CNc2nnc(CNC3CC3)o2)n1. The van der Waals surface area contributed by atoms with E-state index in [0.717, 1.165) is 5.01 Å². The molecule has 0 atom stereocenters. The smallest absolute Gasteiger partial charge is 0.315 e. The van der Waals surface area contributed by atoms with Crippen molar-refractivity contribution in [3.05, 3.63) is 22.5 Å². The van der Waals surface area contributed by atoms with Crippen LogP contribution in [-0.4, -0.2) is 21.2 Å². The molecule has 2 aromatic heterocycles. The number of nitrogens with zero attached hydrogens (tertiary/aromatic N) is 3. The second-order valence-electron chi connectivity index (χ2n) is 3.94. The van der Waals surface area contributed by atoms with Gasteiger partial charge in [0.05, 0.1) is 13.1 Å². The van der Waals surface area contributed by atoms with Gasteiger partial charge in [-0.05, 0) is 12.8 Å². The van der Waals surface area contributed by atoms with Crippen LogP contribution in [0, 0.1) is 0 Å². The summed E-state index contributed by atoms with van der Waals surface area (Å²) in [6.07, 6.45) is 4.28. The first kappa shape index (κ1) is 10.7. The molecule has 0 aliphatic heterocycles. The van der Waals surface area contributed by atoms with Crippen LogP contribution in [0.3, 0.4) is 0 Å². The predicted molar refractivity (Wildman–Crippen MR) is 63.6 cm³/mol. The van der Waals surface area contributed by atoms with Crippen molar-refractivity contribution < 1.29 is 4.42 Å². The summed E-state index contributed by atoms with van der Waals surface area (Å²) in [6.45, 7) is 1.27. The molecular formula is C10H13N5OS. The summed E-state index contributed by atoms with van der Waals surface area (Å²) in [4.78, 5) is 4.16. The van der Waals surface area contributed by atoms with Gasteiger partial charge in [-0.1, -0.05) is 5.10 Å². The molecule has 1 aliphatic carbocycles. The van der Waals surface area contributed by atoms with Crippen molar-refractivity contribution in [2.24, 2.45) is 0 Å². The Morgan fingerprint density at radius 2 is 2.29 bits per heavy atom. The van der Waals surface area contributed by atoms with Gasteiger partial charge in [-0.25, -0.2) is 4.98 Å². The van der Waals surface area contributed by atoms with E-state index >= 15 is 0 Å². The fraction of sp³-hybridized carbons (Fsp3) is 0.500. The molecule has 0 radical (unpaired) electrons. The van der Waals surface area contributed by atoms with E-state index in [4.69, 9.17) is 4.42 Å². The van der Waals surface area contributed by atoms with Gasteiger partial charge < -0.3 is 15.1 Å². The number of nitrogens with one attached hydrogen (secondary N) is 2. The topological polar surface area (TPSA) is 75.9 Å². The van der Waals surface area contributed by atoms with Crippen molar-refractivity contribution in [2.45, 2.75) is 32.0 Å². The van der Waals surface area contributed by atoms with Gasteiger partial charge in [-0.3, -0.25) is 0 Å². The Bertz CT molecular complexity index is 465. The molecular weight excluding hydrogens is 238 g/mol. The third kappa shape index (κ3) is 3.01. The minimum absolute atomic E-state index is 0.452. The first-order chi connectivity index (χ1) is 8.40.